The monoisotopic (exact) mass is 891 g/mol. The number of rotatable bonds is 39. The van der Waals surface area contributed by atoms with Crippen LogP contribution in [0.3, 0.4) is 0 Å². The standard InChI is InChI=1S/C44H86N4O3.C7H8O3S/c1-4-6-8-10-12-14-16-17-18-19-21-23-25-27-29-34-43(50)46-37-32-40-48(3,41-47-38-30-35-44(47)51)39-31-36-45-42(49)33-28-26-24-22-20-15-13-11-9-7-5-2;1-6-2-4-7(5-3-6)11(8,9)10/h4-41H2,1-3H3,(H-,45,46,49,50);2-5H,1H3,(H,8,9,10). The van der Waals surface area contributed by atoms with Crippen molar-refractivity contribution >= 4 is 27.8 Å². The normalized spacial score (nSPS) is 13.8. The van der Waals surface area contributed by atoms with Gasteiger partial charge in [-0.15, -0.1) is 0 Å². The van der Waals surface area contributed by atoms with Crippen molar-refractivity contribution in [2.24, 2.45) is 0 Å². The lowest BCUT2D eigenvalue weighted by molar-refractivity contribution is -0.917. The number of hydrogen-bond donors (Lipinski definition) is 2. The summed E-state index contributed by atoms with van der Waals surface area (Å²) < 4.78 is 31.9. The molecule has 1 aromatic carbocycles. The van der Waals surface area contributed by atoms with Gasteiger partial charge in [0.2, 0.25) is 17.7 Å². The number of quaternary nitrogens is 1. The van der Waals surface area contributed by atoms with Gasteiger partial charge in [-0.2, -0.15) is 0 Å². The van der Waals surface area contributed by atoms with Gasteiger partial charge in [-0.25, -0.2) is 8.42 Å². The van der Waals surface area contributed by atoms with Crippen LogP contribution in [0.15, 0.2) is 29.2 Å². The Kier molecular flexibility index (Phi) is 35.1. The van der Waals surface area contributed by atoms with Gasteiger partial charge in [-0.1, -0.05) is 186 Å². The molecule has 2 rings (SSSR count). The van der Waals surface area contributed by atoms with E-state index in [9.17, 15) is 27.4 Å². The predicted molar refractivity (Wildman–Crippen MR) is 257 cm³/mol. The number of unbranched alkanes of at least 4 members (excludes halogenated alkanes) is 24. The number of aryl methyl sites for hydroxylation is 1. The summed E-state index contributed by atoms with van der Waals surface area (Å²) in [4.78, 5) is 39.2. The number of carbonyl (C=O) groups excluding carboxylic acids is 3. The average molecular weight is 891 g/mol. The molecule has 360 valence electrons. The third-order valence-corrected chi connectivity index (χ3v) is 13.3. The van der Waals surface area contributed by atoms with Crippen molar-refractivity contribution in [3.8, 4) is 0 Å². The minimum atomic E-state index is -4.27. The molecule has 0 bridgehead atoms. The lowest BCUT2D eigenvalue weighted by Crippen LogP contribution is -2.53. The van der Waals surface area contributed by atoms with Gasteiger partial charge in [0.05, 0.1) is 25.0 Å². The van der Waals surface area contributed by atoms with Crippen LogP contribution in [0.2, 0.25) is 0 Å². The number of likely N-dealkylation sites (tertiary alicyclic amines) is 1. The highest BCUT2D eigenvalue weighted by atomic mass is 32.2. The van der Waals surface area contributed by atoms with Gasteiger partial charge in [0, 0.05) is 51.7 Å². The highest BCUT2D eigenvalue weighted by molar-refractivity contribution is 7.85. The molecule has 11 heteroatoms. The van der Waals surface area contributed by atoms with Crippen LogP contribution in [-0.2, 0) is 24.5 Å². The van der Waals surface area contributed by atoms with Gasteiger partial charge < -0.3 is 19.7 Å². The number of carbonyl (C=O) groups is 3. The van der Waals surface area contributed by atoms with E-state index < -0.39 is 10.1 Å². The SMILES string of the molecule is CCCCCCCCCCCCCCCCCC(=O)NCCC[N+](C)(CCCNC(=O)CCCCCCCCCCCCC)CN1CCCC1=O.Cc1ccc(S(=O)(=O)[O-])cc1. The minimum Gasteiger partial charge on any atom is -0.744 e. The summed E-state index contributed by atoms with van der Waals surface area (Å²) in [6.45, 7) is 11.1. The maximum absolute atomic E-state index is 12.5. The molecule has 1 atom stereocenters. The summed E-state index contributed by atoms with van der Waals surface area (Å²) in [5, 5.41) is 6.29. The molecule has 1 heterocycles. The maximum atomic E-state index is 12.5. The van der Waals surface area contributed by atoms with E-state index in [1.165, 1.54) is 153 Å². The molecule has 1 aliphatic heterocycles. The number of nitrogens with one attached hydrogen (secondary N) is 2. The molecule has 1 unspecified atom stereocenters. The van der Waals surface area contributed by atoms with Crippen molar-refractivity contribution in [1.29, 1.82) is 0 Å². The Morgan fingerprint density at radius 3 is 1.27 bits per heavy atom. The van der Waals surface area contributed by atoms with Crippen LogP contribution in [0.5, 0.6) is 0 Å². The Morgan fingerprint density at radius 2 is 0.952 bits per heavy atom. The van der Waals surface area contributed by atoms with Crippen LogP contribution in [0.4, 0.5) is 0 Å². The highest BCUT2D eigenvalue weighted by Crippen LogP contribution is 2.17. The molecule has 1 aliphatic rings. The first kappa shape index (κ1) is 57.5. The predicted octanol–water partition coefficient (Wildman–Crippen LogP) is 11.9. The van der Waals surface area contributed by atoms with E-state index >= 15 is 0 Å². The van der Waals surface area contributed by atoms with Crippen LogP contribution in [0.25, 0.3) is 0 Å². The van der Waals surface area contributed by atoms with Crippen LogP contribution >= 0.6 is 0 Å². The summed E-state index contributed by atoms with van der Waals surface area (Å²) in [6.07, 6.45) is 38.9. The van der Waals surface area contributed by atoms with Crippen molar-refractivity contribution in [3.05, 3.63) is 29.8 Å². The summed E-state index contributed by atoms with van der Waals surface area (Å²) in [6, 6.07) is 5.78. The quantitative estimate of drug-likeness (QED) is 0.0384. The first-order valence-electron chi connectivity index (χ1n) is 25.6. The molecular formula is C51H94N4O6S. The smallest absolute Gasteiger partial charge is 0.226 e. The largest absolute Gasteiger partial charge is 0.744 e. The first-order valence-corrected chi connectivity index (χ1v) is 27.0. The van der Waals surface area contributed by atoms with Gasteiger partial charge in [-0.3, -0.25) is 19.3 Å². The fourth-order valence-corrected chi connectivity index (χ4v) is 8.85. The van der Waals surface area contributed by atoms with E-state index in [2.05, 4.69) is 31.5 Å². The topological polar surface area (TPSA) is 136 Å². The summed E-state index contributed by atoms with van der Waals surface area (Å²) in [5.41, 5.74) is 0.928. The first-order chi connectivity index (χ1) is 29.9. The highest BCUT2D eigenvalue weighted by Gasteiger charge is 2.30. The average Bonchev–Trinajstić information content (AvgIpc) is 3.64. The van der Waals surface area contributed by atoms with E-state index in [-0.39, 0.29) is 22.6 Å². The lowest BCUT2D eigenvalue weighted by atomic mass is 10.0. The summed E-state index contributed by atoms with van der Waals surface area (Å²) in [5.74, 6) is 0.609. The van der Waals surface area contributed by atoms with Crippen LogP contribution in [-0.4, -0.2) is 86.5 Å². The Balaban J connectivity index is 0.00000150. The molecule has 3 amide bonds. The molecule has 2 N–H and O–H groups in total. The zero-order chi connectivity index (χ0) is 45.6. The molecule has 0 radical (unpaired) electrons. The lowest BCUT2D eigenvalue weighted by Gasteiger charge is -2.38. The fourth-order valence-electron chi connectivity index (χ4n) is 8.38. The molecule has 62 heavy (non-hydrogen) atoms. The zero-order valence-electron chi connectivity index (χ0n) is 40.4. The molecule has 10 nitrogen and oxygen atoms in total. The zero-order valence-corrected chi connectivity index (χ0v) is 41.2. The van der Waals surface area contributed by atoms with E-state index in [4.69, 9.17) is 0 Å². The van der Waals surface area contributed by atoms with E-state index in [0.717, 1.165) is 81.3 Å². The van der Waals surface area contributed by atoms with Crippen LogP contribution < -0.4 is 10.6 Å². The third-order valence-electron chi connectivity index (χ3n) is 12.4. The molecule has 0 saturated carbocycles. The van der Waals surface area contributed by atoms with Gasteiger partial charge in [0.15, 0.2) is 6.67 Å². The molecule has 1 aromatic rings. The van der Waals surface area contributed by atoms with Crippen molar-refractivity contribution in [2.45, 2.75) is 231 Å². The number of amides is 3. The summed E-state index contributed by atoms with van der Waals surface area (Å²) >= 11 is 0. The van der Waals surface area contributed by atoms with E-state index in [1.807, 2.05) is 11.8 Å². The second kappa shape index (κ2) is 37.8. The number of nitrogens with zero attached hydrogens (tertiary/aromatic N) is 2. The van der Waals surface area contributed by atoms with E-state index in [1.54, 1.807) is 12.1 Å². The maximum Gasteiger partial charge on any atom is 0.226 e. The minimum absolute atomic E-state index is 0.173. The van der Waals surface area contributed by atoms with Gasteiger partial charge in [-0.05, 0) is 38.3 Å². The molecule has 0 aliphatic carbocycles. The molecular weight excluding hydrogens is 797 g/mol. The number of hydrogen-bond acceptors (Lipinski definition) is 6. The molecule has 0 aromatic heterocycles. The van der Waals surface area contributed by atoms with Gasteiger partial charge in [0.25, 0.3) is 0 Å². The fraction of sp³-hybridized carbons (Fsp3) is 0.824. The molecule has 0 spiro atoms. The Hall–Kier alpha value is -2.50. The number of benzene rings is 1. The van der Waals surface area contributed by atoms with Gasteiger partial charge >= 0.3 is 0 Å². The Labute approximate surface area is 381 Å². The van der Waals surface area contributed by atoms with Crippen LogP contribution in [0, 0.1) is 6.92 Å². The molecule has 1 saturated heterocycles. The van der Waals surface area contributed by atoms with Crippen LogP contribution in [0.1, 0.15) is 225 Å². The molecule has 1 fully saturated rings. The Bertz CT molecular complexity index is 1370. The third kappa shape index (κ3) is 33.1. The summed E-state index contributed by atoms with van der Waals surface area (Å²) in [7, 11) is -2.04. The van der Waals surface area contributed by atoms with E-state index in [0.29, 0.717) is 32.4 Å². The van der Waals surface area contributed by atoms with Crippen molar-refractivity contribution in [2.75, 3.05) is 46.4 Å². The van der Waals surface area contributed by atoms with Crippen molar-refractivity contribution in [3.63, 3.8) is 0 Å². The second-order valence-electron chi connectivity index (χ2n) is 18.6. The second-order valence-corrected chi connectivity index (χ2v) is 20.0. The Morgan fingerprint density at radius 1 is 0.597 bits per heavy atom. The van der Waals surface area contributed by atoms with Gasteiger partial charge in [0.1, 0.15) is 10.1 Å². The van der Waals surface area contributed by atoms with Crippen molar-refractivity contribution < 1.29 is 31.8 Å². The van der Waals surface area contributed by atoms with Crippen molar-refractivity contribution in [1.82, 2.24) is 15.5 Å².